The van der Waals surface area contributed by atoms with Crippen molar-refractivity contribution in [2.75, 3.05) is 26.2 Å². The molecule has 3 nitrogen and oxygen atoms in total. The van der Waals surface area contributed by atoms with E-state index in [4.69, 9.17) is 21.1 Å². The zero-order valence-corrected chi connectivity index (χ0v) is 14.4. The van der Waals surface area contributed by atoms with Gasteiger partial charge in [0.15, 0.2) is 0 Å². The highest BCUT2D eigenvalue weighted by Gasteiger charge is 2.24. The maximum Gasteiger partial charge on any atom is 0.122 e. The zero-order valence-electron chi connectivity index (χ0n) is 13.6. The number of allylic oxidation sites excluding steroid dienone is 1. The van der Waals surface area contributed by atoms with Gasteiger partial charge < -0.3 is 14.4 Å². The topological polar surface area (TPSA) is 22.9 Å². The fraction of sp³-hybridized carbons (Fsp3) is 0.556. The number of halogens is 1. The van der Waals surface area contributed by atoms with E-state index in [1.165, 1.54) is 0 Å². The second-order valence-electron chi connectivity index (χ2n) is 6.11. The number of benzene rings is 1. The molecule has 0 bridgehead atoms. The van der Waals surface area contributed by atoms with E-state index in [0.29, 0.717) is 12.2 Å². The third-order valence-corrected chi connectivity index (χ3v) is 4.17. The molecule has 1 fully saturated rings. The van der Waals surface area contributed by atoms with Crippen LogP contribution in [0.1, 0.15) is 25.8 Å². The molecule has 22 heavy (non-hydrogen) atoms. The fourth-order valence-corrected chi connectivity index (χ4v) is 3.30. The van der Waals surface area contributed by atoms with E-state index in [-0.39, 0.29) is 0 Å². The van der Waals surface area contributed by atoms with Crippen LogP contribution < -0.4 is 9.64 Å². The molecule has 1 unspecified atom stereocenters. The van der Waals surface area contributed by atoms with Gasteiger partial charge in [-0.15, -0.1) is 6.58 Å². The van der Waals surface area contributed by atoms with Crippen LogP contribution in [-0.2, 0) is 11.2 Å². The Labute approximate surface area is 138 Å². The van der Waals surface area contributed by atoms with Gasteiger partial charge in [-0.1, -0.05) is 17.7 Å². The second-order valence-corrected chi connectivity index (χ2v) is 6.55. The predicted octanol–water partition coefficient (Wildman–Crippen LogP) is 2.53. The van der Waals surface area contributed by atoms with Gasteiger partial charge >= 0.3 is 0 Å². The molecule has 1 aliphatic heterocycles. The Kier molecular flexibility index (Phi) is 6.74. The third-order valence-electron chi connectivity index (χ3n) is 3.94. The van der Waals surface area contributed by atoms with Crippen molar-refractivity contribution in [3.05, 3.63) is 41.4 Å². The van der Waals surface area contributed by atoms with Crippen molar-refractivity contribution in [2.24, 2.45) is 0 Å². The van der Waals surface area contributed by atoms with Crippen LogP contribution in [0.2, 0.25) is 5.02 Å². The van der Waals surface area contributed by atoms with E-state index in [9.17, 15) is 0 Å². The predicted molar refractivity (Wildman–Crippen MR) is 91.0 cm³/mol. The molecular weight excluding hydrogens is 298 g/mol. The molecule has 1 N–H and O–H groups in total. The lowest BCUT2D eigenvalue weighted by Crippen LogP contribution is -3.15. The number of nitrogens with one attached hydrogen (secondary N) is 1. The molecule has 0 aromatic heterocycles. The van der Waals surface area contributed by atoms with E-state index < -0.39 is 0 Å². The minimum Gasteiger partial charge on any atom is -0.493 e. The molecule has 1 aromatic rings. The number of hydrogen-bond donors (Lipinski definition) is 1. The summed E-state index contributed by atoms with van der Waals surface area (Å²) in [6.45, 7) is 12.1. The fourth-order valence-electron chi connectivity index (χ4n) is 3.10. The second kappa shape index (κ2) is 8.56. The lowest BCUT2D eigenvalue weighted by atomic mass is 10.1. The summed E-state index contributed by atoms with van der Waals surface area (Å²) < 4.78 is 11.7. The summed E-state index contributed by atoms with van der Waals surface area (Å²) in [5, 5.41) is 0.741. The monoisotopic (exact) mass is 324 g/mol. The number of hydrogen-bond acceptors (Lipinski definition) is 2. The van der Waals surface area contributed by atoms with Gasteiger partial charge in [-0.3, -0.25) is 0 Å². The molecule has 2 rings (SSSR count). The minimum atomic E-state index is 0.357. The molecule has 1 aromatic carbocycles. The molecule has 1 aliphatic rings. The van der Waals surface area contributed by atoms with Crippen LogP contribution in [0.15, 0.2) is 30.9 Å². The highest BCUT2D eigenvalue weighted by atomic mass is 35.5. The lowest BCUT2D eigenvalue weighted by molar-refractivity contribution is -0.915. The average molecular weight is 325 g/mol. The van der Waals surface area contributed by atoms with E-state index in [0.717, 1.165) is 55.4 Å². The third kappa shape index (κ3) is 5.31. The Balaban J connectivity index is 1.78. The summed E-state index contributed by atoms with van der Waals surface area (Å²) in [7, 11) is 0. The minimum absolute atomic E-state index is 0.357. The molecule has 0 aliphatic carbocycles. The van der Waals surface area contributed by atoms with Crippen molar-refractivity contribution in [1.29, 1.82) is 0 Å². The molecule has 0 amide bonds. The molecule has 1 heterocycles. The highest BCUT2D eigenvalue weighted by molar-refractivity contribution is 6.30. The molecular formula is C18H27ClNO2+. The summed E-state index contributed by atoms with van der Waals surface area (Å²) in [5.41, 5.74) is 1.10. The van der Waals surface area contributed by atoms with E-state index >= 15 is 0 Å². The molecule has 0 radical (unpaired) electrons. The van der Waals surface area contributed by atoms with Crippen LogP contribution in [0.25, 0.3) is 0 Å². The molecule has 4 heteroatoms. The Bertz CT molecular complexity index is 482. The van der Waals surface area contributed by atoms with Crippen molar-refractivity contribution >= 4 is 11.6 Å². The Morgan fingerprint density at radius 2 is 2.09 bits per heavy atom. The number of morpholine rings is 1. The van der Waals surface area contributed by atoms with Crippen LogP contribution in [0.4, 0.5) is 0 Å². The van der Waals surface area contributed by atoms with Gasteiger partial charge in [0.05, 0.1) is 13.2 Å². The van der Waals surface area contributed by atoms with Crippen molar-refractivity contribution in [2.45, 2.75) is 38.9 Å². The summed E-state index contributed by atoms with van der Waals surface area (Å²) in [6, 6.07) is 5.78. The summed E-state index contributed by atoms with van der Waals surface area (Å²) in [6.07, 6.45) is 4.41. The first-order valence-electron chi connectivity index (χ1n) is 8.09. The molecule has 1 saturated heterocycles. The van der Waals surface area contributed by atoms with Crippen LogP contribution in [-0.4, -0.2) is 38.4 Å². The Hall–Kier alpha value is -1.03. The first-order valence-corrected chi connectivity index (χ1v) is 8.47. The summed E-state index contributed by atoms with van der Waals surface area (Å²) in [5.74, 6) is 0.919. The van der Waals surface area contributed by atoms with Gasteiger partial charge in [0, 0.05) is 11.4 Å². The van der Waals surface area contributed by atoms with Gasteiger partial charge in [-0.2, -0.15) is 0 Å². The van der Waals surface area contributed by atoms with Gasteiger partial charge in [0.25, 0.3) is 0 Å². The molecule has 0 spiro atoms. The van der Waals surface area contributed by atoms with Crippen LogP contribution in [0, 0.1) is 0 Å². The summed E-state index contributed by atoms with van der Waals surface area (Å²) >= 11 is 6.04. The van der Waals surface area contributed by atoms with Gasteiger partial charge in [-0.05, 0) is 44.0 Å². The van der Waals surface area contributed by atoms with E-state index in [1.807, 2.05) is 24.3 Å². The number of ether oxygens (including phenoxy) is 2. The van der Waals surface area contributed by atoms with Gasteiger partial charge in [-0.25, -0.2) is 0 Å². The largest absolute Gasteiger partial charge is 0.493 e. The number of rotatable bonds is 7. The van der Waals surface area contributed by atoms with Crippen LogP contribution in [0.5, 0.6) is 5.75 Å². The maximum atomic E-state index is 6.04. The van der Waals surface area contributed by atoms with Crippen molar-refractivity contribution in [3.8, 4) is 5.75 Å². The average Bonchev–Trinajstić information content (AvgIpc) is 2.45. The molecule has 0 saturated carbocycles. The first kappa shape index (κ1) is 17.3. The van der Waals surface area contributed by atoms with Crippen molar-refractivity contribution in [1.82, 2.24) is 0 Å². The van der Waals surface area contributed by atoms with Crippen molar-refractivity contribution in [3.63, 3.8) is 0 Å². The van der Waals surface area contributed by atoms with E-state index in [2.05, 4.69) is 20.4 Å². The Morgan fingerprint density at radius 3 is 2.77 bits per heavy atom. The first-order chi connectivity index (χ1) is 10.6. The SMILES string of the molecule is C=CCc1cc(Cl)ccc1OCCC[NH+]1C[C@@H](C)O[C@@H](C)C1. The standard InChI is InChI=1S/C18H26ClNO2/c1-4-6-16-11-17(19)7-8-18(16)21-10-5-9-20-12-14(2)22-15(3)13-20/h4,7-8,11,14-15H,1,5-6,9-10,12-13H2,2-3H3/p+1/t14-,15+. The lowest BCUT2D eigenvalue weighted by Gasteiger charge is -2.32. The normalized spacial score (nSPS) is 25.0. The van der Waals surface area contributed by atoms with Gasteiger partial charge in [0.2, 0.25) is 0 Å². The van der Waals surface area contributed by atoms with E-state index in [1.54, 1.807) is 4.90 Å². The quantitative estimate of drug-likeness (QED) is 0.615. The highest BCUT2D eigenvalue weighted by Crippen LogP contribution is 2.23. The smallest absolute Gasteiger partial charge is 0.122 e. The maximum absolute atomic E-state index is 6.04. The van der Waals surface area contributed by atoms with Crippen LogP contribution >= 0.6 is 11.6 Å². The number of quaternary nitrogens is 1. The Morgan fingerprint density at radius 1 is 1.36 bits per heavy atom. The summed E-state index contributed by atoms with van der Waals surface area (Å²) in [4.78, 5) is 1.61. The molecule has 122 valence electrons. The molecule has 3 atom stereocenters. The van der Waals surface area contributed by atoms with Gasteiger partial charge in [0.1, 0.15) is 31.0 Å². The van der Waals surface area contributed by atoms with Crippen molar-refractivity contribution < 1.29 is 14.4 Å². The van der Waals surface area contributed by atoms with Crippen LogP contribution in [0.3, 0.4) is 0 Å². The zero-order chi connectivity index (χ0) is 15.9.